The monoisotopic (exact) mass is 346 g/mol. The smallest absolute Gasteiger partial charge is 0.116 e. The summed E-state index contributed by atoms with van der Waals surface area (Å²) in [7, 11) is 0. The van der Waals surface area contributed by atoms with Gasteiger partial charge in [0, 0.05) is 0 Å². The molecule has 0 saturated carbocycles. The molecule has 0 saturated heterocycles. The lowest BCUT2D eigenvalue weighted by molar-refractivity contribution is 0.477. The fourth-order valence-corrected chi connectivity index (χ4v) is 3.77. The van der Waals surface area contributed by atoms with Crippen LogP contribution in [0.25, 0.3) is 32.3 Å². The van der Waals surface area contributed by atoms with Crippen LogP contribution < -0.4 is 0 Å². The summed E-state index contributed by atoms with van der Waals surface area (Å²) < 4.78 is 0. The predicted molar refractivity (Wildman–Crippen MR) is 115 cm³/mol. The van der Waals surface area contributed by atoms with Crippen LogP contribution in [-0.4, -0.2) is 5.11 Å². The Balaban J connectivity index is 0.000000188. The Morgan fingerprint density at radius 2 is 1.00 bits per heavy atom. The Morgan fingerprint density at radius 3 is 1.50 bits per heavy atom. The van der Waals surface area contributed by atoms with Gasteiger partial charge in [0.2, 0.25) is 0 Å². The number of unbranched alkanes of at least 4 members (excludes halogenated alkanes) is 6. The summed E-state index contributed by atoms with van der Waals surface area (Å²) in [4.78, 5) is 0. The first kappa shape index (κ1) is 18.5. The lowest BCUT2D eigenvalue weighted by Crippen LogP contribution is -1.83. The van der Waals surface area contributed by atoms with Crippen molar-refractivity contribution in [3.8, 4) is 5.75 Å². The fourth-order valence-electron chi connectivity index (χ4n) is 3.77. The molecule has 136 valence electrons. The van der Waals surface area contributed by atoms with Gasteiger partial charge in [-0.15, -0.1) is 0 Å². The molecule has 0 spiro atoms. The molecule has 0 bridgehead atoms. The van der Waals surface area contributed by atoms with Crippen LogP contribution in [0.2, 0.25) is 0 Å². The van der Waals surface area contributed by atoms with E-state index in [1.54, 1.807) is 0 Å². The normalized spacial score (nSPS) is 11.2. The lowest BCUT2D eigenvalue weighted by atomic mass is 9.94. The Labute approximate surface area is 157 Å². The van der Waals surface area contributed by atoms with Crippen LogP contribution in [0.4, 0.5) is 0 Å². The fraction of sp³-hybridized carbons (Fsp3) is 0.360. The topological polar surface area (TPSA) is 20.2 Å². The maximum atomic E-state index is 9.70. The highest BCUT2D eigenvalue weighted by Crippen LogP contribution is 2.36. The second-order valence-corrected chi connectivity index (χ2v) is 7.25. The number of hydrogen-bond acceptors (Lipinski definition) is 1. The van der Waals surface area contributed by atoms with Gasteiger partial charge in [-0.05, 0) is 44.5 Å². The first-order valence-corrected chi connectivity index (χ1v) is 10.1. The zero-order valence-corrected chi connectivity index (χ0v) is 16.1. The number of aromatic hydroxyl groups is 1. The van der Waals surface area contributed by atoms with Crippen LogP contribution in [0.3, 0.4) is 0 Å². The molecule has 0 heterocycles. The van der Waals surface area contributed by atoms with Gasteiger partial charge in [0.25, 0.3) is 0 Å². The standard InChI is InChI=1S/C16H10O.C9H20/c17-14-8-12-6-4-10-2-1-3-11-5-7-13(9-14)16(12)15(10)11;1-3-5-7-9-8-6-4-2/h1-9,17H;3-9H2,1-2H3. The number of hydrogen-bond donors (Lipinski definition) is 1. The molecular formula is C25H30O. The van der Waals surface area contributed by atoms with Gasteiger partial charge in [-0.3, -0.25) is 0 Å². The summed E-state index contributed by atoms with van der Waals surface area (Å²) >= 11 is 0. The van der Waals surface area contributed by atoms with Crippen molar-refractivity contribution < 1.29 is 5.11 Å². The van der Waals surface area contributed by atoms with Crippen molar-refractivity contribution in [1.29, 1.82) is 0 Å². The SMILES string of the molecule is CCCCCCCCC.Oc1cc2ccc3cccc4ccc(c1)c2c34. The minimum absolute atomic E-state index is 0.330. The predicted octanol–water partition coefficient (Wildman–Crippen LogP) is 8.05. The molecule has 0 aliphatic heterocycles. The second-order valence-electron chi connectivity index (χ2n) is 7.25. The van der Waals surface area contributed by atoms with Gasteiger partial charge in [-0.25, -0.2) is 0 Å². The van der Waals surface area contributed by atoms with E-state index in [-0.39, 0.29) is 0 Å². The first-order chi connectivity index (χ1) is 12.7. The van der Waals surface area contributed by atoms with E-state index in [4.69, 9.17) is 0 Å². The van der Waals surface area contributed by atoms with Crippen LogP contribution in [0.1, 0.15) is 58.8 Å². The molecular weight excluding hydrogens is 316 g/mol. The third kappa shape index (κ3) is 4.09. The maximum Gasteiger partial charge on any atom is 0.116 e. The molecule has 26 heavy (non-hydrogen) atoms. The maximum absolute atomic E-state index is 9.70. The summed E-state index contributed by atoms with van der Waals surface area (Å²) in [6, 6.07) is 18.4. The molecule has 0 aromatic heterocycles. The minimum atomic E-state index is 0.330. The van der Waals surface area contributed by atoms with Crippen molar-refractivity contribution in [2.75, 3.05) is 0 Å². The van der Waals surface area contributed by atoms with Crippen molar-refractivity contribution in [2.45, 2.75) is 58.8 Å². The summed E-state index contributed by atoms with van der Waals surface area (Å²) in [6.45, 7) is 4.53. The van der Waals surface area contributed by atoms with Crippen molar-refractivity contribution in [1.82, 2.24) is 0 Å². The van der Waals surface area contributed by atoms with Gasteiger partial charge < -0.3 is 5.11 Å². The molecule has 0 amide bonds. The first-order valence-electron chi connectivity index (χ1n) is 10.1. The third-order valence-electron chi connectivity index (χ3n) is 5.16. The Morgan fingerprint density at radius 1 is 0.577 bits per heavy atom. The largest absolute Gasteiger partial charge is 0.508 e. The molecule has 1 N–H and O–H groups in total. The highest BCUT2D eigenvalue weighted by atomic mass is 16.3. The lowest BCUT2D eigenvalue weighted by Gasteiger charge is -2.10. The Hall–Kier alpha value is -2.28. The van der Waals surface area contributed by atoms with Crippen molar-refractivity contribution in [3.05, 3.63) is 54.6 Å². The van der Waals surface area contributed by atoms with Gasteiger partial charge >= 0.3 is 0 Å². The van der Waals surface area contributed by atoms with Crippen LogP contribution in [-0.2, 0) is 0 Å². The Bertz CT molecular complexity index is 884. The van der Waals surface area contributed by atoms with Crippen LogP contribution >= 0.6 is 0 Å². The quantitative estimate of drug-likeness (QED) is 0.276. The molecule has 4 aromatic rings. The zero-order valence-electron chi connectivity index (χ0n) is 16.1. The van der Waals surface area contributed by atoms with Crippen LogP contribution in [0.5, 0.6) is 5.75 Å². The molecule has 0 radical (unpaired) electrons. The van der Waals surface area contributed by atoms with E-state index in [1.165, 1.54) is 66.5 Å². The van der Waals surface area contributed by atoms with Gasteiger partial charge in [0.05, 0.1) is 0 Å². The number of rotatable bonds is 6. The molecule has 0 fully saturated rings. The van der Waals surface area contributed by atoms with Crippen LogP contribution in [0, 0.1) is 0 Å². The molecule has 0 aliphatic carbocycles. The summed E-state index contributed by atoms with van der Waals surface area (Å²) in [5, 5.41) is 17.0. The van der Waals surface area contributed by atoms with E-state index < -0.39 is 0 Å². The second kappa shape index (κ2) is 8.89. The number of phenols is 1. The van der Waals surface area contributed by atoms with Crippen molar-refractivity contribution in [2.24, 2.45) is 0 Å². The van der Waals surface area contributed by atoms with E-state index in [0.717, 1.165) is 10.8 Å². The van der Waals surface area contributed by atoms with E-state index in [9.17, 15) is 5.11 Å². The van der Waals surface area contributed by atoms with E-state index >= 15 is 0 Å². The van der Waals surface area contributed by atoms with Crippen molar-refractivity contribution in [3.63, 3.8) is 0 Å². The molecule has 4 rings (SSSR count). The summed E-state index contributed by atoms with van der Waals surface area (Å²) in [6.07, 6.45) is 9.97. The number of benzene rings is 4. The average Bonchev–Trinajstić information content (AvgIpc) is 2.66. The summed E-state index contributed by atoms with van der Waals surface area (Å²) in [5.74, 6) is 0.330. The van der Waals surface area contributed by atoms with E-state index in [1.807, 2.05) is 12.1 Å². The Kier molecular flexibility index (Phi) is 6.33. The molecule has 1 nitrogen and oxygen atoms in total. The molecule has 1 heteroatoms. The number of phenolic OH excluding ortho intramolecular Hbond substituents is 1. The van der Waals surface area contributed by atoms with Gasteiger partial charge in [0.1, 0.15) is 5.75 Å². The van der Waals surface area contributed by atoms with Gasteiger partial charge in [-0.1, -0.05) is 101 Å². The average molecular weight is 347 g/mol. The van der Waals surface area contributed by atoms with E-state index in [0.29, 0.717) is 5.75 Å². The van der Waals surface area contributed by atoms with Gasteiger partial charge in [0.15, 0.2) is 0 Å². The van der Waals surface area contributed by atoms with E-state index in [2.05, 4.69) is 56.3 Å². The molecule has 4 aromatic carbocycles. The minimum Gasteiger partial charge on any atom is -0.508 e. The zero-order chi connectivity index (χ0) is 18.4. The molecule has 0 atom stereocenters. The van der Waals surface area contributed by atoms with Crippen LogP contribution in [0.15, 0.2) is 54.6 Å². The van der Waals surface area contributed by atoms with Gasteiger partial charge in [-0.2, -0.15) is 0 Å². The van der Waals surface area contributed by atoms with Crippen molar-refractivity contribution >= 4 is 32.3 Å². The third-order valence-corrected chi connectivity index (χ3v) is 5.16. The highest BCUT2D eigenvalue weighted by Gasteiger charge is 2.08. The highest BCUT2D eigenvalue weighted by molar-refractivity contribution is 6.23. The molecule has 0 unspecified atom stereocenters. The molecule has 0 aliphatic rings. The summed E-state index contributed by atoms with van der Waals surface area (Å²) in [5.41, 5.74) is 0.